The maximum absolute atomic E-state index is 5.79. The fourth-order valence-electron chi connectivity index (χ4n) is 2.44. The van der Waals surface area contributed by atoms with E-state index in [9.17, 15) is 0 Å². The number of hydrogen-bond donors (Lipinski definition) is 1. The molecule has 2 N–H and O–H groups in total. The van der Waals surface area contributed by atoms with Crippen LogP contribution in [0.1, 0.15) is 19.3 Å². The molecule has 4 nitrogen and oxygen atoms in total. The van der Waals surface area contributed by atoms with Gasteiger partial charge in [-0.3, -0.25) is 0 Å². The van der Waals surface area contributed by atoms with Crippen LogP contribution in [0.2, 0.25) is 0 Å². The Balaban J connectivity index is 1.88. The van der Waals surface area contributed by atoms with Crippen molar-refractivity contribution in [1.29, 1.82) is 0 Å². The fourth-order valence-corrected chi connectivity index (χ4v) is 2.44. The summed E-state index contributed by atoms with van der Waals surface area (Å²) < 4.78 is 10.8. The van der Waals surface area contributed by atoms with Gasteiger partial charge in [0.2, 0.25) is 5.88 Å². The van der Waals surface area contributed by atoms with Crippen LogP contribution < -0.4 is 15.2 Å². The van der Waals surface area contributed by atoms with Gasteiger partial charge in [0.1, 0.15) is 5.75 Å². The predicted octanol–water partition coefficient (Wildman–Crippen LogP) is 1.84. The lowest BCUT2D eigenvalue weighted by atomic mass is 9.97. The van der Waals surface area contributed by atoms with Gasteiger partial charge in [0, 0.05) is 12.3 Å². The minimum Gasteiger partial charge on any atom is -0.493 e. The Bertz CT molecular complexity index is 357. The van der Waals surface area contributed by atoms with Crippen LogP contribution >= 0.6 is 0 Å². The van der Waals surface area contributed by atoms with E-state index in [0.29, 0.717) is 17.7 Å². The van der Waals surface area contributed by atoms with E-state index in [-0.39, 0.29) is 0 Å². The summed E-state index contributed by atoms with van der Waals surface area (Å²) in [5.41, 5.74) is 5.75. The van der Waals surface area contributed by atoms with Gasteiger partial charge in [0.15, 0.2) is 0 Å². The molecule has 94 valence electrons. The highest BCUT2D eigenvalue weighted by atomic mass is 16.5. The van der Waals surface area contributed by atoms with Crippen molar-refractivity contribution in [3.63, 3.8) is 0 Å². The minimum atomic E-state index is 0.587. The standard InChI is InChI=1S/C13H20N2O2/c1-16-13-7-12(5-6-15-13)17-9-11-4-2-3-10(11)8-14/h5-7,10-11H,2-4,8-9,14H2,1H3. The van der Waals surface area contributed by atoms with E-state index in [2.05, 4.69) is 4.98 Å². The number of pyridine rings is 1. The summed E-state index contributed by atoms with van der Waals surface area (Å²) in [5, 5.41) is 0. The molecule has 4 heteroatoms. The van der Waals surface area contributed by atoms with Gasteiger partial charge in [-0.1, -0.05) is 6.42 Å². The molecule has 0 aromatic carbocycles. The lowest BCUT2D eigenvalue weighted by molar-refractivity contribution is 0.216. The molecule has 1 aliphatic rings. The second-order valence-corrected chi connectivity index (χ2v) is 4.53. The molecular formula is C13H20N2O2. The maximum Gasteiger partial charge on any atom is 0.216 e. The van der Waals surface area contributed by atoms with Crippen molar-refractivity contribution in [2.24, 2.45) is 17.6 Å². The molecule has 1 aromatic rings. The highest BCUT2D eigenvalue weighted by Gasteiger charge is 2.26. The Morgan fingerprint density at radius 1 is 1.41 bits per heavy atom. The third-order valence-electron chi connectivity index (χ3n) is 3.50. The van der Waals surface area contributed by atoms with E-state index >= 15 is 0 Å². The molecule has 17 heavy (non-hydrogen) atoms. The second-order valence-electron chi connectivity index (χ2n) is 4.53. The smallest absolute Gasteiger partial charge is 0.216 e. The summed E-state index contributed by atoms with van der Waals surface area (Å²) in [7, 11) is 1.60. The average molecular weight is 236 g/mol. The number of rotatable bonds is 5. The number of nitrogens with two attached hydrogens (primary N) is 1. The Kier molecular flexibility index (Phi) is 4.20. The highest BCUT2D eigenvalue weighted by Crippen LogP contribution is 2.31. The van der Waals surface area contributed by atoms with E-state index in [1.807, 2.05) is 12.1 Å². The molecule has 0 saturated heterocycles. The van der Waals surface area contributed by atoms with Crippen molar-refractivity contribution in [3.05, 3.63) is 18.3 Å². The van der Waals surface area contributed by atoms with Crippen LogP contribution in [0.5, 0.6) is 11.6 Å². The van der Waals surface area contributed by atoms with E-state index < -0.39 is 0 Å². The van der Waals surface area contributed by atoms with Gasteiger partial charge in [0.05, 0.1) is 13.7 Å². The summed E-state index contributed by atoms with van der Waals surface area (Å²) in [6, 6.07) is 3.67. The summed E-state index contributed by atoms with van der Waals surface area (Å²) in [5.74, 6) is 2.63. The number of methoxy groups -OCH3 is 1. The summed E-state index contributed by atoms with van der Waals surface area (Å²) >= 11 is 0. The minimum absolute atomic E-state index is 0.587. The fraction of sp³-hybridized carbons (Fsp3) is 0.615. The normalized spacial score (nSPS) is 23.6. The zero-order valence-corrected chi connectivity index (χ0v) is 10.3. The molecule has 2 atom stereocenters. The predicted molar refractivity (Wildman–Crippen MR) is 66.2 cm³/mol. The molecule has 1 saturated carbocycles. The van der Waals surface area contributed by atoms with Crippen LogP contribution in [-0.2, 0) is 0 Å². The quantitative estimate of drug-likeness (QED) is 0.847. The van der Waals surface area contributed by atoms with Crippen LogP contribution in [0.4, 0.5) is 0 Å². The van der Waals surface area contributed by atoms with Crippen molar-refractivity contribution < 1.29 is 9.47 Å². The van der Waals surface area contributed by atoms with Gasteiger partial charge in [-0.15, -0.1) is 0 Å². The number of hydrogen-bond acceptors (Lipinski definition) is 4. The summed E-state index contributed by atoms with van der Waals surface area (Å²) in [6.45, 7) is 1.52. The first kappa shape index (κ1) is 12.2. The lowest BCUT2D eigenvalue weighted by Crippen LogP contribution is -2.23. The Morgan fingerprint density at radius 2 is 2.24 bits per heavy atom. The van der Waals surface area contributed by atoms with E-state index in [1.54, 1.807) is 13.3 Å². The van der Waals surface area contributed by atoms with Gasteiger partial charge < -0.3 is 15.2 Å². The van der Waals surface area contributed by atoms with Crippen LogP contribution in [-0.4, -0.2) is 25.2 Å². The Labute approximate surface area is 102 Å². The van der Waals surface area contributed by atoms with E-state index in [4.69, 9.17) is 15.2 Å². The van der Waals surface area contributed by atoms with Crippen LogP contribution in [0.15, 0.2) is 18.3 Å². The van der Waals surface area contributed by atoms with Crippen LogP contribution in [0.25, 0.3) is 0 Å². The van der Waals surface area contributed by atoms with Crippen molar-refractivity contribution >= 4 is 0 Å². The molecule has 0 spiro atoms. The van der Waals surface area contributed by atoms with Crippen LogP contribution in [0, 0.1) is 11.8 Å². The highest BCUT2D eigenvalue weighted by molar-refractivity contribution is 5.26. The zero-order chi connectivity index (χ0) is 12.1. The van der Waals surface area contributed by atoms with Crippen molar-refractivity contribution in [3.8, 4) is 11.6 Å². The monoisotopic (exact) mass is 236 g/mol. The van der Waals surface area contributed by atoms with Gasteiger partial charge in [-0.25, -0.2) is 4.98 Å². The second kappa shape index (κ2) is 5.87. The first-order valence-electron chi connectivity index (χ1n) is 6.16. The molecule has 1 fully saturated rings. The zero-order valence-electron chi connectivity index (χ0n) is 10.3. The van der Waals surface area contributed by atoms with Crippen molar-refractivity contribution in [2.75, 3.05) is 20.3 Å². The summed E-state index contributed by atoms with van der Waals surface area (Å²) in [6.07, 6.45) is 5.44. The topological polar surface area (TPSA) is 57.4 Å². The first-order valence-corrected chi connectivity index (χ1v) is 6.16. The third kappa shape index (κ3) is 3.09. The molecule has 1 aromatic heterocycles. The van der Waals surface area contributed by atoms with Crippen molar-refractivity contribution in [1.82, 2.24) is 4.98 Å². The molecule has 1 heterocycles. The van der Waals surface area contributed by atoms with Gasteiger partial charge in [-0.2, -0.15) is 0 Å². The molecule has 0 radical (unpaired) electrons. The SMILES string of the molecule is COc1cc(OCC2CCCC2CN)ccn1. The van der Waals surface area contributed by atoms with E-state index in [1.165, 1.54) is 19.3 Å². The number of ether oxygens (including phenoxy) is 2. The molecule has 2 rings (SSSR count). The molecule has 2 unspecified atom stereocenters. The van der Waals surface area contributed by atoms with Crippen molar-refractivity contribution in [2.45, 2.75) is 19.3 Å². The average Bonchev–Trinajstić information content (AvgIpc) is 2.84. The lowest BCUT2D eigenvalue weighted by Gasteiger charge is -2.18. The molecule has 1 aliphatic carbocycles. The molecule has 0 amide bonds. The largest absolute Gasteiger partial charge is 0.493 e. The van der Waals surface area contributed by atoms with E-state index in [0.717, 1.165) is 18.9 Å². The summed E-state index contributed by atoms with van der Waals surface area (Å²) in [4.78, 5) is 4.05. The van der Waals surface area contributed by atoms with Crippen LogP contribution in [0.3, 0.4) is 0 Å². The molecule has 0 bridgehead atoms. The maximum atomic E-state index is 5.79. The molecular weight excluding hydrogens is 216 g/mol. The van der Waals surface area contributed by atoms with Gasteiger partial charge in [0.25, 0.3) is 0 Å². The number of nitrogens with zero attached hydrogens (tertiary/aromatic N) is 1. The first-order chi connectivity index (χ1) is 8.33. The molecule has 0 aliphatic heterocycles. The Hall–Kier alpha value is -1.29. The Morgan fingerprint density at radius 3 is 3.00 bits per heavy atom. The number of aromatic nitrogens is 1. The van der Waals surface area contributed by atoms with Gasteiger partial charge >= 0.3 is 0 Å². The third-order valence-corrected chi connectivity index (χ3v) is 3.50. The van der Waals surface area contributed by atoms with Gasteiger partial charge in [-0.05, 0) is 37.3 Å².